The van der Waals surface area contributed by atoms with E-state index in [2.05, 4.69) is 15.2 Å². The van der Waals surface area contributed by atoms with Gasteiger partial charge in [-0.1, -0.05) is 65.7 Å². The van der Waals surface area contributed by atoms with Crippen molar-refractivity contribution in [2.24, 2.45) is 5.10 Å². The fourth-order valence-electron chi connectivity index (χ4n) is 3.05. The van der Waals surface area contributed by atoms with E-state index in [0.29, 0.717) is 11.1 Å². The summed E-state index contributed by atoms with van der Waals surface area (Å²) in [6.45, 7) is 1.85. The summed E-state index contributed by atoms with van der Waals surface area (Å²) < 4.78 is 28.3. The summed E-state index contributed by atoms with van der Waals surface area (Å²) in [5, 5.41) is 14.8. The number of carbonyl (C=O) groups excluding carboxylic acids is 1. The molecule has 3 aromatic rings. The van der Waals surface area contributed by atoms with Crippen molar-refractivity contribution in [2.75, 3.05) is 0 Å². The number of rotatable bonds is 9. The van der Waals surface area contributed by atoms with E-state index in [-0.39, 0.29) is 22.0 Å². The number of hydrogen-bond acceptors (Lipinski definition) is 6. The Kier molecular flexibility index (Phi) is 8.11. The van der Waals surface area contributed by atoms with Crippen molar-refractivity contribution in [3.05, 3.63) is 105 Å². The van der Waals surface area contributed by atoms with Crippen molar-refractivity contribution in [3.63, 3.8) is 0 Å². The van der Waals surface area contributed by atoms with E-state index in [0.717, 1.165) is 5.56 Å². The first kappa shape index (κ1) is 25.0. The molecule has 0 aliphatic carbocycles. The molecule has 3 aromatic carbocycles. The van der Waals surface area contributed by atoms with Crippen LogP contribution in [0.1, 0.15) is 29.2 Å². The molecular formula is C23H21ClN4O5S. The molecule has 0 spiro atoms. The Balaban J connectivity index is 1.73. The summed E-state index contributed by atoms with van der Waals surface area (Å²) in [6, 6.07) is 18.3. The van der Waals surface area contributed by atoms with E-state index < -0.39 is 26.9 Å². The maximum atomic E-state index is 12.9. The maximum absolute atomic E-state index is 12.9. The number of hydrazone groups is 1. The molecule has 0 aromatic heterocycles. The quantitative estimate of drug-likeness (QED) is 0.259. The van der Waals surface area contributed by atoms with Gasteiger partial charge in [0.15, 0.2) is 0 Å². The largest absolute Gasteiger partial charge is 0.288 e. The van der Waals surface area contributed by atoms with Gasteiger partial charge in [0.2, 0.25) is 15.9 Å². The lowest BCUT2D eigenvalue weighted by Gasteiger charge is -2.18. The molecular weight excluding hydrogens is 480 g/mol. The fraction of sp³-hybridized carbons (Fsp3) is 0.130. The zero-order valence-electron chi connectivity index (χ0n) is 18.0. The van der Waals surface area contributed by atoms with Crippen molar-refractivity contribution in [3.8, 4) is 0 Å². The zero-order chi connectivity index (χ0) is 24.7. The lowest BCUT2D eigenvalue weighted by Crippen LogP contribution is -2.32. The van der Waals surface area contributed by atoms with Gasteiger partial charge in [0, 0.05) is 18.1 Å². The van der Waals surface area contributed by atoms with E-state index in [1.165, 1.54) is 36.5 Å². The van der Waals surface area contributed by atoms with E-state index in [1.54, 1.807) is 42.5 Å². The SMILES string of the molecule is Cc1ccc(S(=O)(=O)N[C@@H](CC(=O)N/N=C\c2ccc(Cl)c([N+](=O)[O-])c2)c2ccccc2)cc1. The predicted octanol–water partition coefficient (Wildman–Crippen LogP) is 4.12. The Morgan fingerprint density at radius 2 is 1.79 bits per heavy atom. The molecule has 176 valence electrons. The molecule has 3 rings (SSSR count). The third-order valence-electron chi connectivity index (χ3n) is 4.79. The molecule has 9 nitrogen and oxygen atoms in total. The molecule has 0 aliphatic heterocycles. The van der Waals surface area contributed by atoms with Crippen LogP contribution in [0.4, 0.5) is 5.69 Å². The molecule has 34 heavy (non-hydrogen) atoms. The number of sulfonamides is 1. The minimum atomic E-state index is -3.90. The number of nitrogens with one attached hydrogen (secondary N) is 2. The van der Waals surface area contributed by atoms with Gasteiger partial charge in [-0.25, -0.2) is 18.6 Å². The van der Waals surface area contributed by atoms with Gasteiger partial charge in [0.1, 0.15) is 5.02 Å². The Morgan fingerprint density at radius 1 is 1.12 bits per heavy atom. The number of halogens is 1. The van der Waals surface area contributed by atoms with E-state index in [1.807, 2.05) is 6.92 Å². The molecule has 0 saturated heterocycles. The summed E-state index contributed by atoms with van der Waals surface area (Å²) in [4.78, 5) is 23.0. The van der Waals surface area contributed by atoms with Gasteiger partial charge >= 0.3 is 0 Å². The number of carbonyl (C=O) groups is 1. The monoisotopic (exact) mass is 500 g/mol. The lowest BCUT2D eigenvalue weighted by atomic mass is 10.0. The van der Waals surface area contributed by atoms with Crippen molar-refractivity contribution in [1.82, 2.24) is 10.1 Å². The standard InChI is InChI=1S/C23H21ClN4O5S/c1-16-7-10-19(11-8-16)34(32,33)27-21(18-5-3-2-4-6-18)14-23(29)26-25-15-17-9-12-20(24)22(13-17)28(30)31/h2-13,15,21,27H,14H2,1H3,(H,26,29)/b25-15-/t21-/m0/s1. The predicted molar refractivity (Wildman–Crippen MR) is 129 cm³/mol. The van der Waals surface area contributed by atoms with Crippen LogP contribution in [0, 0.1) is 17.0 Å². The summed E-state index contributed by atoms with van der Waals surface area (Å²) in [5.41, 5.74) is 3.91. The van der Waals surface area contributed by atoms with Gasteiger partial charge in [0.25, 0.3) is 5.69 Å². The highest BCUT2D eigenvalue weighted by Crippen LogP contribution is 2.24. The van der Waals surface area contributed by atoms with Gasteiger partial charge in [0.05, 0.1) is 22.1 Å². The second-order valence-electron chi connectivity index (χ2n) is 7.36. The fourth-order valence-corrected chi connectivity index (χ4v) is 4.46. The number of aryl methyl sites for hydroxylation is 1. The Labute approximate surface area is 201 Å². The molecule has 0 bridgehead atoms. The van der Waals surface area contributed by atoms with Crippen LogP contribution in [0.5, 0.6) is 0 Å². The van der Waals surface area contributed by atoms with E-state index in [4.69, 9.17) is 11.6 Å². The Bertz CT molecular complexity index is 1310. The molecule has 1 amide bonds. The van der Waals surface area contributed by atoms with Gasteiger partial charge in [-0.3, -0.25) is 14.9 Å². The van der Waals surface area contributed by atoms with Crippen LogP contribution in [0.3, 0.4) is 0 Å². The average molecular weight is 501 g/mol. The van der Waals surface area contributed by atoms with Gasteiger partial charge in [-0.2, -0.15) is 5.10 Å². The smallest absolute Gasteiger partial charge is 0.273 e. The molecule has 0 radical (unpaired) electrons. The summed E-state index contributed by atoms with van der Waals surface area (Å²) in [7, 11) is -3.90. The molecule has 0 heterocycles. The number of nitro benzene ring substituents is 1. The van der Waals surface area contributed by atoms with Gasteiger partial charge < -0.3 is 0 Å². The number of nitrogens with zero attached hydrogens (tertiary/aromatic N) is 2. The van der Waals surface area contributed by atoms with Crippen molar-refractivity contribution in [1.29, 1.82) is 0 Å². The van der Waals surface area contributed by atoms with Crippen LogP contribution in [0.15, 0.2) is 82.8 Å². The highest BCUT2D eigenvalue weighted by molar-refractivity contribution is 7.89. The minimum absolute atomic E-state index is 0.0160. The van der Waals surface area contributed by atoms with Crippen LogP contribution < -0.4 is 10.1 Å². The lowest BCUT2D eigenvalue weighted by molar-refractivity contribution is -0.384. The number of nitro groups is 1. The van der Waals surface area contributed by atoms with Crippen molar-refractivity contribution >= 4 is 39.4 Å². The molecule has 2 N–H and O–H groups in total. The first-order valence-corrected chi connectivity index (χ1v) is 11.9. The second kappa shape index (κ2) is 11.0. The summed E-state index contributed by atoms with van der Waals surface area (Å²) in [6.07, 6.45) is 1.00. The molecule has 0 saturated carbocycles. The normalized spacial score (nSPS) is 12.4. The van der Waals surface area contributed by atoms with Crippen LogP contribution in [-0.2, 0) is 14.8 Å². The van der Waals surface area contributed by atoms with Crippen LogP contribution >= 0.6 is 11.6 Å². The second-order valence-corrected chi connectivity index (χ2v) is 9.48. The van der Waals surface area contributed by atoms with Crippen molar-refractivity contribution in [2.45, 2.75) is 24.3 Å². The minimum Gasteiger partial charge on any atom is -0.273 e. The van der Waals surface area contributed by atoms with Crippen LogP contribution in [-0.4, -0.2) is 25.5 Å². The number of amides is 1. The Morgan fingerprint density at radius 3 is 2.44 bits per heavy atom. The molecule has 1 atom stereocenters. The summed E-state index contributed by atoms with van der Waals surface area (Å²) >= 11 is 5.78. The topological polar surface area (TPSA) is 131 Å². The number of hydrogen-bond donors (Lipinski definition) is 2. The van der Waals surface area contributed by atoms with Gasteiger partial charge in [-0.05, 0) is 30.7 Å². The van der Waals surface area contributed by atoms with Crippen LogP contribution in [0.2, 0.25) is 5.02 Å². The highest BCUT2D eigenvalue weighted by atomic mass is 35.5. The van der Waals surface area contributed by atoms with E-state index in [9.17, 15) is 23.3 Å². The average Bonchev–Trinajstić information content (AvgIpc) is 2.80. The molecule has 0 fully saturated rings. The van der Waals surface area contributed by atoms with E-state index >= 15 is 0 Å². The Hall–Kier alpha value is -3.60. The first-order valence-electron chi connectivity index (χ1n) is 10.1. The third kappa shape index (κ3) is 6.70. The van der Waals surface area contributed by atoms with Crippen LogP contribution in [0.25, 0.3) is 0 Å². The summed E-state index contributed by atoms with van der Waals surface area (Å²) in [5.74, 6) is -0.555. The van der Waals surface area contributed by atoms with Crippen molar-refractivity contribution < 1.29 is 18.1 Å². The third-order valence-corrected chi connectivity index (χ3v) is 6.60. The number of benzene rings is 3. The first-order chi connectivity index (χ1) is 16.2. The van der Waals surface area contributed by atoms with Gasteiger partial charge in [-0.15, -0.1) is 0 Å². The zero-order valence-corrected chi connectivity index (χ0v) is 19.6. The maximum Gasteiger partial charge on any atom is 0.288 e. The molecule has 11 heteroatoms. The molecule has 0 aliphatic rings. The molecule has 0 unspecified atom stereocenters. The highest BCUT2D eigenvalue weighted by Gasteiger charge is 2.23.